The molecule has 3 rings (SSSR count). The molecule has 27 heavy (non-hydrogen) atoms. The van der Waals surface area contributed by atoms with Crippen molar-refractivity contribution >= 4 is 29.0 Å². The second kappa shape index (κ2) is 7.57. The lowest BCUT2D eigenvalue weighted by atomic mass is 10.0. The fraction of sp³-hybridized carbons (Fsp3) is 0.294. The SMILES string of the molecule is NC(=O)Nc1cc(-c2cccc(F)c2)sc1C(=O)NC1CNCC(F)(F)C1. The van der Waals surface area contributed by atoms with E-state index in [-0.39, 0.29) is 17.1 Å². The lowest BCUT2D eigenvalue weighted by molar-refractivity contribution is -0.0301. The van der Waals surface area contributed by atoms with Crippen LogP contribution in [0.2, 0.25) is 0 Å². The van der Waals surface area contributed by atoms with Crippen molar-refractivity contribution in [3.05, 3.63) is 41.0 Å². The number of urea groups is 1. The van der Waals surface area contributed by atoms with Gasteiger partial charge < -0.3 is 21.7 Å². The van der Waals surface area contributed by atoms with E-state index in [0.717, 1.165) is 11.3 Å². The molecule has 5 N–H and O–H groups in total. The molecular weight excluding hydrogens is 381 g/mol. The first-order chi connectivity index (χ1) is 12.7. The van der Waals surface area contributed by atoms with Crippen molar-refractivity contribution in [1.82, 2.24) is 10.6 Å². The number of nitrogens with two attached hydrogens (primary N) is 1. The van der Waals surface area contributed by atoms with Crippen LogP contribution in [0, 0.1) is 5.82 Å². The van der Waals surface area contributed by atoms with Gasteiger partial charge in [0.1, 0.15) is 10.7 Å². The van der Waals surface area contributed by atoms with Gasteiger partial charge in [0.05, 0.1) is 12.2 Å². The van der Waals surface area contributed by atoms with Gasteiger partial charge in [-0.15, -0.1) is 11.3 Å². The lowest BCUT2D eigenvalue weighted by Gasteiger charge is -2.30. The first kappa shape index (κ1) is 19.2. The molecule has 0 bridgehead atoms. The number of anilines is 1. The predicted octanol–water partition coefficient (Wildman–Crippen LogP) is 2.77. The number of carbonyl (C=O) groups excluding carboxylic acids is 2. The highest BCUT2D eigenvalue weighted by molar-refractivity contribution is 7.18. The minimum Gasteiger partial charge on any atom is -0.351 e. The topological polar surface area (TPSA) is 96.2 Å². The molecule has 3 amide bonds. The van der Waals surface area contributed by atoms with Crippen LogP contribution in [0.4, 0.5) is 23.7 Å². The van der Waals surface area contributed by atoms with Crippen molar-refractivity contribution in [2.24, 2.45) is 5.73 Å². The van der Waals surface area contributed by atoms with Gasteiger partial charge in [-0.25, -0.2) is 18.0 Å². The fourth-order valence-corrected chi connectivity index (χ4v) is 3.87. The normalized spacial score (nSPS) is 18.7. The summed E-state index contributed by atoms with van der Waals surface area (Å²) in [4.78, 5) is 24.5. The van der Waals surface area contributed by atoms with Gasteiger partial charge in [0, 0.05) is 23.9 Å². The number of thiophene rings is 1. The summed E-state index contributed by atoms with van der Waals surface area (Å²) in [5, 5.41) is 7.46. The van der Waals surface area contributed by atoms with Gasteiger partial charge in [-0.2, -0.15) is 0 Å². The minimum absolute atomic E-state index is 0.0990. The number of hydrogen-bond acceptors (Lipinski definition) is 4. The molecule has 0 spiro atoms. The third-order valence-corrected chi connectivity index (χ3v) is 5.14. The van der Waals surface area contributed by atoms with Gasteiger partial charge in [0.15, 0.2) is 0 Å². The highest BCUT2D eigenvalue weighted by Crippen LogP contribution is 2.35. The summed E-state index contributed by atoms with van der Waals surface area (Å²) < 4.78 is 40.5. The van der Waals surface area contributed by atoms with Crippen LogP contribution in [0.3, 0.4) is 0 Å². The number of piperidine rings is 1. The van der Waals surface area contributed by atoms with E-state index in [4.69, 9.17) is 5.73 Å². The number of hydrogen-bond donors (Lipinski definition) is 4. The average Bonchev–Trinajstić information content (AvgIpc) is 2.97. The van der Waals surface area contributed by atoms with E-state index in [1.54, 1.807) is 6.07 Å². The monoisotopic (exact) mass is 398 g/mol. The van der Waals surface area contributed by atoms with E-state index in [9.17, 15) is 22.8 Å². The van der Waals surface area contributed by atoms with Gasteiger partial charge in [-0.3, -0.25) is 4.79 Å². The summed E-state index contributed by atoms with van der Waals surface area (Å²) in [6.07, 6.45) is -0.480. The number of nitrogens with one attached hydrogen (secondary N) is 3. The number of rotatable bonds is 4. The van der Waals surface area contributed by atoms with Crippen LogP contribution >= 0.6 is 11.3 Å². The molecule has 1 aromatic carbocycles. The molecule has 2 aromatic rings. The molecule has 1 fully saturated rings. The molecule has 2 heterocycles. The molecule has 6 nitrogen and oxygen atoms in total. The quantitative estimate of drug-likeness (QED) is 0.638. The molecule has 0 saturated carbocycles. The molecule has 0 radical (unpaired) electrons. The molecule has 1 aromatic heterocycles. The zero-order chi connectivity index (χ0) is 19.6. The van der Waals surface area contributed by atoms with Gasteiger partial charge in [0.25, 0.3) is 11.8 Å². The Hall–Kier alpha value is -2.59. The van der Waals surface area contributed by atoms with Gasteiger partial charge in [0.2, 0.25) is 0 Å². The summed E-state index contributed by atoms with van der Waals surface area (Å²) in [7, 11) is 0. The van der Waals surface area contributed by atoms with E-state index < -0.39 is 42.7 Å². The third-order valence-electron chi connectivity index (χ3n) is 3.96. The number of primary amides is 1. The second-order valence-corrected chi connectivity index (χ2v) is 7.27. The molecule has 1 aliphatic heterocycles. The Bertz CT molecular complexity index is 872. The predicted molar refractivity (Wildman–Crippen MR) is 96.6 cm³/mol. The Morgan fingerprint density at radius 2 is 2.07 bits per heavy atom. The molecule has 144 valence electrons. The molecule has 10 heteroatoms. The van der Waals surface area contributed by atoms with E-state index in [2.05, 4.69) is 16.0 Å². The van der Waals surface area contributed by atoms with Crippen LogP contribution in [-0.2, 0) is 0 Å². The number of alkyl halides is 2. The maximum absolute atomic E-state index is 13.5. The zero-order valence-electron chi connectivity index (χ0n) is 14.0. The van der Waals surface area contributed by atoms with Crippen molar-refractivity contribution in [3.63, 3.8) is 0 Å². The van der Waals surface area contributed by atoms with E-state index >= 15 is 0 Å². The summed E-state index contributed by atoms with van der Waals surface area (Å²) >= 11 is 1.00. The summed E-state index contributed by atoms with van der Waals surface area (Å²) in [5.41, 5.74) is 5.79. The van der Waals surface area contributed by atoms with E-state index in [0.29, 0.717) is 10.4 Å². The van der Waals surface area contributed by atoms with Crippen LogP contribution in [-0.4, -0.2) is 37.0 Å². The average molecular weight is 398 g/mol. The molecule has 1 atom stereocenters. The third kappa shape index (κ3) is 4.77. The first-order valence-electron chi connectivity index (χ1n) is 8.09. The van der Waals surface area contributed by atoms with Gasteiger partial charge in [-0.1, -0.05) is 12.1 Å². The van der Waals surface area contributed by atoms with Crippen LogP contribution in [0.1, 0.15) is 16.1 Å². The number of amides is 3. The van der Waals surface area contributed by atoms with Crippen LogP contribution in [0.5, 0.6) is 0 Å². The largest absolute Gasteiger partial charge is 0.351 e. The van der Waals surface area contributed by atoms with Crippen molar-refractivity contribution < 1.29 is 22.8 Å². The maximum atomic E-state index is 13.5. The summed E-state index contributed by atoms with van der Waals surface area (Å²) in [5.74, 6) is -3.98. The molecule has 1 saturated heterocycles. The van der Waals surface area contributed by atoms with Crippen molar-refractivity contribution in [1.29, 1.82) is 0 Å². The van der Waals surface area contributed by atoms with E-state index in [1.807, 2.05) is 0 Å². The Morgan fingerprint density at radius 3 is 2.74 bits per heavy atom. The van der Waals surface area contributed by atoms with Crippen LogP contribution < -0.4 is 21.7 Å². The van der Waals surface area contributed by atoms with Crippen LogP contribution in [0.25, 0.3) is 10.4 Å². The minimum atomic E-state index is -2.91. The Balaban J connectivity index is 1.86. The fourth-order valence-electron chi connectivity index (χ4n) is 2.86. The Labute approximate surface area is 156 Å². The van der Waals surface area contributed by atoms with Gasteiger partial charge in [-0.05, 0) is 23.8 Å². The van der Waals surface area contributed by atoms with Crippen molar-refractivity contribution in [2.75, 3.05) is 18.4 Å². The molecule has 1 unspecified atom stereocenters. The maximum Gasteiger partial charge on any atom is 0.316 e. The number of halogens is 3. The summed E-state index contributed by atoms with van der Waals surface area (Å²) in [6.45, 7) is -0.224. The van der Waals surface area contributed by atoms with Crippen molar-refractivity contribution in [3.8, 4) is 10.4 Å². The highest BCUT2D eigenvalue weighted by atomic mass is 32.1. The molecular formula is C17H17F3N4O2S. The Morgan fingerprint density at radius 1 is 1.30 bits per heavy atom. The summed E-state index contributed by atoms with van der Waals surface area (Å²) in [6, 6.07) is 5.59. The van der Waals surface area contributed by atoms with Gasteiger partial charge >= 0.3 is 6.03 Å². The number of carbonyl (C=O) groups is 2. The number of benzene rings is 1. The van der Waals surface area contributed by atoms with Crippen molar-refractivity contribution in [2.45, 2.75) is 18.4 Å². The second-order valence-electron chi connectivity index (χ2n) is 6.21. The molecule has 0 aliphatic carbocycles. The smallest absolute Gasteiger partial charge is 0.316 e. The zero-order valence-corrected chi connectivity index (χ0v) is 14.8. The standard InChI is InChI=1S/C17H17F3N4O2S/c18-10-3-1-2-9(4-10)13-5-12(24-16(21)26)14(27-13)15(25)23-11-6-17(19,20)8-22-7-11/h1-5,11,22H,6-8H2,(H,23,25)(H3,21,24,26). The molecule has 1 aliphatic rings. The first-order valence-corrected chi connectivity index (χ1v) is 8.91. The lowest BCUT2D eigenvalue weighted by Crippen LogP contribution is -2.53. The Kier molecular flexibility index (Phi) is 5.38. The van der Waals surface area contributed by atoms with E-state index in [1.165, 1.54) is 24.3 Å². The highest BCUT2D eigenvalue weighted by Gasteiger charge is 2.37. The van der Waals surface area contributed by atoms with Crippen LogP contribution in [0.15, 0.2) is 30.3 Å².